The van der Waals surface area contributed by atoms with Crippen molar-refractivity contribution in [1.82, 2.24) is 4.90 Å². The topological polar surface area (TPSA) is 67.9 Å². The number of benzene rings is 1. The SMILES string of the molecule is N#CCCN(CCC#N)C(=O)CCCc1ccccc1. The first-order chi connectivity index (χ1) is 9.77. The normalized spacial score (nSPS) is 9.50. The molecular weight excluding hydrogens is 250 g/mol. The lowest BCUT2D eigenvalue weighted by molar-refractivity contribution is -0.131. The third kappa shape index (κ3) is 6.02. The predicted molar refractivity (Wildman–Crippen MR) is 76.4 cm³/mol. The zero-order valence-electron chi connectivity index (χ0n) is 11.6. The maximum absolute atomic E-state index is 12.1. The van der Waals surface area contributed by atoms with Gasteiger partial charge < -0.3 is 4.90 Å². The molecule has 0 bridgehead atoms. The van der Waals surface area contributed by atoms with Crippen molar-refractivity contribution >= 4 is 5.91 Å². The van der Waals surface area contributed by atoms with Gasteiger partial charge in [-0.05, 0) is 18.4 Å². The second kappa shape index (κ2) is 9.58. The van der Waals surface area contributed by atoms with Crippen LogP contribution in [0.15, 0.2) is 30.3 Å². The highest BCUT2D eigenvalue weighted by atomic mass is 16.2. The summed E-state index contributed by atoms with van der Waals surface area (Å²) in [6.45, 7) is 0.838. The summed E-state index contributed by atoms with van der Waals surface area (Å²) in [6, 6.07) is 14.1. The zero-order chi connectivity index (χ0) is 14.6. The van der Waals surface area contributed by atoms with E-state index < -0.39 is 0 Å². The van der Waals surface area contributed by atoms with E-state index in [1.807, 2.05) is 42.5 Å². The van der Waals surface area contributed by atoms with Crippen molar-refractivity contribution in [3.63, 3.8) is 0 Å². The molecule has 1 amide bonds. The van der Waals surface area contributed by atoms with Crippen LogP contribution in [0.5, 0.6) is 0 Å². The molecule has 0 aromatic heterocycles. The van der Waals surface area contributed by atoms with Gasteiger partial charge in [-0.25, -0.2) is 0 Å². The van der Waals surface area contributed by atoms with Gasteiger partial charge in [0.1, 0.15) is 0 Å². The average Bonchev–Trinajstić information content (AvgIpc) is 2.48. The van der Waals surface area contributed by atoms with E-state index in [-0.39, 0.29) is 5.91 Å². The molecule has 4 nitrogen and oxygen atoms in total. The maximum Gasteiger partial charge on any atom is 0.222 e. The zero-order valence-corrected chi connectivity index (χ0v) is 11.6. The lowest BCUT2D eigenvalue weighted by Crippen LogP contribution is -2.32. The molecule has 0 aliphatic carbocycles. The van der Waals surface area contributed by atoms with Crippen LogP contribution >= 0.6 is 0 Å². The van der Waals surface area contributed by atoms with Crippen molar-refractivity contribution < 1.29 is 4.79 Å². The molecule has 104 valence electrons. The van der Waals surface area contributed by atoms with Crippen LogP contribution in [0.1, 0.15) is 31.2 Å². The largest absolute Gasteiger partial charge is 0.341 e. The van der Waals surface area contributed by atoms with E-state index >= 15 is 0 Å². The first-order valence-electron chi connectivity index (χ1n) is 6.83. The van der Waals surface area contributed by atoms with Crippen molar-refractivity contribution in [2.45, 2.75) is 32.1 Å². The molecule has 0 saturated heterocycles. The minimum atomic E-state index is 0.0337. The van der Waals surface area contributed by atoms with E-state index in [2.05, 4.69) is 0 Å². The Bertz CT molecular complexity index is 467. The third-order valence-electron chi connectivity index (χ3n) is 3.04. The van der Waals surface area contributed by atoms with Crippen molar-refractivity contribution in [1.29, 1.82) is 10.5 Å². The Morgan fingerprint density at radius 3 is 2.20 bits per heavy atom. The van der Waals surface area contributed by atoms with Gasteiger partial charge >= 0.3 is 0 Å². The summed E-state index contributed by atoms with van der Waals surface area (Å²) >= 11 is 0. The molecule has 0 N–H and O–H groups in total. The van der Waals surface area contributed by atoms with E-state index in [1.165, 1.54) is 5.56 Å². The fourth-order valence-electron chi connectivity index (χ4n) is 1.98. The van der Waals surface area contributed by atoms with Gasteiger partial charge in [0.2, 0.25) is 5.91 Å². The van der Waals surface area contributed by atoms with Crippen molar-refractivity contribution in [3.8, 4) is 12.1 Å². The highest BCUT2D eigenvalue weighted by Gasteiger charge is 2.12. The lowest BCUT2D eigenvalue weighted by Gasteiger charge is -2.20. The van der Waals surface area contributed by atoms with Gasteiger partial charge in [0, 0.05) is 19.5 Å². The fraction of sp³-hybridized carbons (Fsp3) is 0.438. The van der Waals surface area contributed by atoms with Crippen molar-refractivity contribution in [2.75, 3.05) is 13.1 Å². The molecule has 1 aromatic rings. The summed E-state index contributed by atoms with van der Waals surface area (Å²) < 4.78 is 0. The standard InChI is InChI=1S/C16H19N3O/c17-11-5-13-19(14-6-12-18)16(20)10-4-9-15-7-2-1-3-8-15/h1-3,7-8H,4-6,9-10,13-14H2. The highest BCUT2D eigenvalue weighted by Crippen LogP contribution is 2.07. The Kier molecular flexibility index (Phi) is 7.53. The molecule has 0 unspecified atom stereocenters. The van der Waals surface area contributed by atoms with E-state index in [1.54, 1.807) is 4.90 Å². The number of carbonyl (C=O) groups is 1. The minimum absolute atomic E-state index is 0.0337. The molecule has 20 heavy (non-hydrogen) atoms. The van der Waals surface area contributed by atoms with Crippen molar-refractivity contribution in [3.05, 3.63) is 35.9 Å². The molecular formula is C16H19N3O. The average molecular weight is 269 g/mol. The Morgan fingerprint density at radius 1 is 1.05 bits per heavy atom. The van der Waals surface area contributed by atoms with E-state index in [4.69, 9.17) is 10.5 Å². The maximum atomic E-state index is 12.1. The monoisotopic (exact) mass is 269 g/mol. The minimum Gasteiger partial charge on any atom is -0.341 e. The number of nitriles is 2. The van der Waals surface area contributed by atoms with Crippen LogP contribution in [0.25, 0.3) is 0 Å². The Labute approximate surface area is 120 Å². The summed E-state index contributed by atoms with van der Waals surface area (Å²) in [4.78, 5) is 13.7. The van der Waals surface area contributed by atoms with Crippen LogP contribution in [0, 0.1) is 22.7 Å². The number of hydrogen-bond acceptors (Lipinski definition) is 3. The molecule has 0 saturated carbocycles. The van der Waals surface area contributed by atoms with Crippen LogP contribution in [-0.4, -0.2) is 23.9 Å². The molecule has 0 aliphatic heterocycles. The van der Waals surface area contributed by atoms with Gasteiger partial charge in [0.25, 0.3) is 0 Å². The second-order valence-electron chi connectivity index (χ2n) is 4.54. The third-order valence-corrected chi connectivity index (χ3v) is 3.04. The number of aryl methyl sites for hydroxylation is 1. The number of amides is 1. The highest BCUT2D eigenvalue weighted by molar-refractivity contribution is 5.76. The molecule has 0 heterocycles. The molecule has 1 rings (SSSR count). The molecule has 0 radical (unpaired) electrons. The van der Waals surface area contributed by atoms with Crippen LogP contribution in [-0.2, 0) is 11.2 Å². The van der Waals surface area contributed by atoms with Gasteiger partial charge in [0.15, 0.2) is 0 Å². The first kappa shape index (κ1) is 15.7. The lowest BCUT2D eigenvalue weighted by atomic mass is 10.1. The summed E-state index contributed by atoms with van der Waals surface area (Å²) in [7, 11) is 0. The van der Waals surface area contributed by atoms with Gasteiger partial charge in [0.05, 0.1) is 25.0 Å². The van der Waals surface area contributed by atoms with Gasteiger partial charge in [-0.2, -0.15) is 10.5 Å². The Hall–Kier alpha value is -2.33. The first-order valence-corrected chi connectivity index (χ1v) is 6.83. The van der Waals surface area contributed by atoms with E-state index in [0.29, 0.717) is 32.4 Å². The number of carbonyl (C=O) groups excluding carboxylic acids is 1. The smallest absolute Gasteiger partial charge is 0.222 e. The van der Waals surface area contributed by atoms with Crippen LogP contribution < -0.4 is 0 Å². The van der Waals surface area contributed by atoms with E-state index in [9.17, 15) is 4.79 Å². The number of hydrogen-bond donors (Lipinski definition) is 0. The Morgan fingerprint density at radius 2 is 1.65 bits per heavy atom. The molecule has 0 spiro atoms. The summed E-state index contributed by atoms with van der Waals surface area (Å²) in [6.07, 6.45) is 2.76. The number of nitrogens with zero attached hydrogens (tertiary/aromatic N) is 3. The van der Waals surface area contributed by atoms with Gasteiger partial charge in [-0.15, -0.1) is 0 Å². The number of rotatable bonds is 8. The summed E-state index contributed by atoms with van der Waals surface area (Å²) in [5.41, 5.74) is 1.22. The molecule has 0 fully saturated rings. The predicted octanol–water partition coefficient (Wildman–Crippen LogP) is 2.67. The van der Waals surface area contributed by atoms with Gasteiger partial charge in [-0.1, -0.05) is 30.3 Å². The second-order valence-corrected chi connectivity index (χ2v) is 4.54. The van der Waals surface area contributed by atoms with Crippen molar-refractivity contribution in [2.24, 2.45) is 0 Å². The van der Waals surface area contributed by atoms with Crippen LogP contribution in [0.3, 0.4) is 0 Å². The summed E-state index contributed by atoms with van der Waals surface area (Å²) in [5.74, 6) is 0.0337. The quantitative estimate of drug-likeness (QED) is 0.728. The molecule has 0 atom stereocenters. The van der Waals surface area contributed by atoms with Crippen LogP contribution in [0.2, 0.25) is 0 Å². The van der Waals surface area contributed by atoms with Crippen LogP contribution in [0.4, 0.5) is 0 Å². The molecule has 4 heteroatoms. The summed E-state index contributed by atoms with van der Waals surface area (Å²) in [5, 5.41) is 17.2. The molecule has 0 aliphatic rings. The fourth-order valence-corrected chi connectivity index (χ4v) is 1.98. The molecule has 1 aromatic carbocycles. The van der Waals surface area contributed by atoms with E-state index in [0.717, 1.165) is 12.8 Å². The Balaban J connectivity index is 2.37. The van der Waals surface area contributed by atoms with Gasteiger partial charge in [-0.3, -0.25) is 4.79 Å².